The molecule has 0 spiro atoms. The van der Waals surface area contributed by atoms with Crippen LogP contribution in [0.25, 0.3) is 0 Å². The van der Waals surface area contributed by atoms with Gasteiger partial charge >= 0.3 is 6.01 Å². The zero-order valence-electron chi connectivity index (χ0n) is 9.06. The van der Waals surface area contributed by atoms with Gasteiger partial charge in [-0.05, 0) is 0 Å². The number of ether oxygens (including phenoxy) is 1. The molecule has 2 heterocycles. The highest BCUT2D eigenvalue weighted by atomic mass is 16.5. The van der Waals surface area contributed by atoms with Crippen molar-refractivity contribution in [2.24, 2.45) is 0 Å². The average Bonchev–Trinajstić information content (AvgIpc) is 2.62. The van der Waals surface area contributed by atoms with E-state index in [-0.39, 0.29) is 11.8 Å². The van der Waals surface area contributed by atoms with Gasteiger partial charge in [-0.3, -0.25) is 0 Å². The Kier molecular flexibility index (Phi) is 2.81. The molecule has 84 valence electrons. The number of aromatic nitrogens is 1. The highest BCUT2D eigenvalue weighted by Crippen LogP contribution is 2.29. The summed E-state index contributed by atoms with van der Waals surface area (Å²) in [7, 11) is 0. The molecule has 0 atom stereocenters. The van der Waals surface area contributed by atoms with E-state index in [4.69, 9.17) is 9.15 Å². The molecule has 1 saturated heterocycles. The summed E-state index contributed by atoms with van der Waals surface area (Å²) in [6.45, 7) is 6.81. The van der Waals surface area contributed by atoms with Crippen LogP contribution in [0.2, 0.25) is 0 Å². The number of hydrogen-bond donors (Lipinski definition) is 1. The van der Waals surface area contributed by atoms with Gasteiger partial charge in [0.15, 0.2) is 5.76 Å². The van der Waals surface area contributed by atoms with Crippen LogP contribution in [0.15, 0.2) is 4.42 Å². The van der Waals surface area contributed by atoms with Crippen molar-refractivity contribution in [3.8, 4) is 5.88 Å². The highest BCUT2D eigenvalue weighted by Gasteiger charge is 2.21. The second-order valence-corrected chi connectivity index (χ2v) is 3.94. The van der Waals surface area contributed by atoms with Crippen LogP contribution in [-0.2, 0) is 4.74 Å². The standard InChI is InChI=1S/C10H16N2O3/c1-7(2)8-9(13)11-10(15-8)12-3-5-14-6-4-12/h7,13H,3-6H2,1-2H3. The smallest absolute Gasteiger partial charge is 0.301 e. The molecule has 2 rings (SSSR count). The van der Waals surface area contributed by atoms with Crippen LogP contribution in [-0.4, -0.2) is 36.4 Å². The fraction of sp³-hybridized carbons (Fsp3) is 0.700. The molecule has 1 aromatic rings. The van der Waals surface area contributed by atoms with E-state index in [1.807, 2.05) is 18.7 Å². The van der Waals surface area contributed by atoms with E-state index in [1.54, 1.807) is 0 Å². The van der Waals surface area contributed by atoms with Gasteiger partial charge in [0, 0.05) is 19.0 Å². The van der Waals surface area contributed by atoms with Gasteiger partial charge in [-0.15, -0.1) is 0 Å². The van der Waals surface area contributed by atoms with Crippen molar-refractivity contribution < 1.29 is 14.3 Å². The Morgan fingerprint density at radius 2 is 2.00 bits per heavy atom. The Balaban J connectivity index is 2.17. The van der Waals surface area contributed by atoms with Crippen LogP contribution in [0.3, 0.4) is 0 Å². The van der Waals surface area contributed by atoms with Crippen molar-refractivity contribution in [3.05, 3.63) is 5.76 Å². The molecule has 1 aliphatic heterocycles. The molecular weight excluding hydrogens is 196 g/mol. The zero-order valence-corrected chi connectivity index (χ0v) is 9.06. The summed E-state index contributed by atoms with van der Waals surface area (Å²) in [4.78, 5) is 6.00. The summed E-state index contributed by atoms with van der Waals surface area (Å²) >= 11 is 0. The first kappa shape index (κ1) is 10.3. The summed E-state index contributed by atoms with van der Waals surface area (Å²) in [5.41, 5.74) is 0. The van der Waals surface area contributed by atoms with Crippen LogP contribution in [0.5, 0.6) is 5.88 Å². The van der Waals surface area contributed by atoms with Crippen molar-refractivity contribution in [1.29, 1.82) is 0 Å². The van der Waals surface area contributed by atoms with Gasteiger partial charge in [-0.25, -0.2) is 0 Å². The summed E-state index contributed by atoms with van der Waals surface area (Å²) in [5.74, 6) is 0.704. The molecule has 5 heteroatoms. The third kappa shape index (κ3) is 2.07. The maximum Gasteiger partial charge on any atom is 0.301 e. The summed E-state index contributed by atoms with van der Waals surface area (Å²) in [6.07, 6.45) is 0. The molecule has 1 fully saturated rings. The third-order valence-corrected chi connectivity index (χ3v) is 2.43. The molecular formula is C10H16N2O3. The van der Waals surface area contributed by atoms with Gasteiger partial charge in [-0.2, -0.15) is 4.98 Å². The first-order valence-corrected chi connectivity index (χ1v) is 5.21. The molecule has 0 aromatic carbocycles. The average molecular weight is 212 g/mol. The van der Waals surface area contributed by atoms with Gasteiger partial charge in [0.2, 0.25) is 0 Å². The molecule has 1 N–H and O–H groups in total. The maximum atomic E-state index is 9.57. The first-order valence-electron chi connectivity index (χ1n) is 5.21. The van der Waals surface area contributed by atoms with Gasteiger partial charge in [0.05, 0.1) is 13.2 Å². The normalized spacial score (nSPS) is 17.4. The molecule has 1 aromatic heterocycles. The summed E-state index contributed by atoms with van der Waals surface area (Å²) in [5, 5.41) is 9.57. The lowest BCUT2D eigenvalue weighted by molar-refractivity contribution is 0.120. The van der Waals surface area contributed by atoms with Crippen LogP contribution in [0.1, 0.15) is 25.5 Å². The van der Waals surface area contributed by atoms with E-state index in [0.717, 1.165) is 13.1 Å². The van der Waals surface area contributed by atoms with Crippen molar-refractivity contribution in [1.82, 2.24) is 4.98 Å². The quantitative estimate of drug-likeness (QED) is 0.801. The summed E-state index contributed by atoms with van der Waals surface area (Å²) in [6, 6.07) is 0.500. The molecule has 0 saturated carbocycles. The maximum absolute atomic E-state index is 9.57. The molecule has 0 amide bonds. The SMILES string of the molecule is CC(C)c1oc(N2CCOCC2)nc1O. The largest absolute Gasteiger partial charge is 0.491 e. The van der Waals surface area contributed by atoms with Crippen molar-refractivity contribution in [2.75, 3.05) is 31.2 Å². The minimum absolute atomic E-state index is 0.00601. The topological polar surface area (TPSA) is 58.7 Å². The zero-order chi connectivity index (χ0) is 10.8. The Bertz CT molecular complexity index is 329. The van der Waals surface area contributed by atoms with E-state index < -0.39 is 0 Å². The minimum Gasteiger partial charge on any atom is -0.491 e. The number of oxazole rings is 1. The Labute approximate surface area is 88.7 Å². The second kappa shape index (κ2) is 4.10. The monoisotopic (exact) mass is 212 g/mol. The third-order valence-electron chi connectivity index (χ3n) is 2.43. The Morgan fingerprint density at radius 3 is 2.53 bits per heavy atom. The molecule has 5 nitrogen and oxygen atoms in total. The lowest BCUT2D eigenvalue weighted by Gasteiger charge is -2.24. The molecule has 15 heavy (non-hydrogen) atoms. The number of nitrogens with zero attached hydrogens (tertiary/aromatic N) is 2. The predicted molar refractivity (Wildman–Crippen MR) is 55.3 cm³/mol. The van der Waals surface area contributed by atoms with Crippen molar-refractivity contribution in [3.63, 3.8) is 0 Å². The second-order valence-electron chi connectivity index (χ2n) is 3.94. The van der Waals surface area contributed by atoms with E-state index in [0.29, 0.717) is 25.0 Å². The number of morpholine rings is 1. The van der Waals surface area contributed by atoms with Crippen LogP contribution < -0.4 is 4.90 Å². The first-order chi connectivity index (χ1) is 7.18. The van der Waals surface area contributed by atoms with Gasteiger partial charge in [0.25, 0.3) is 5.88 Å². The molecule has 0 bridgehead atoms. The summed E-state index contributed by atoms with van der Waals surface area (Å²) < 4.78 is 10.8. The van der Waals surface area contributed by atoms with Crippen molar-refractivity contribution in [2.45, 2.75) is 19.8 Å². The van der Waals surface area contributed by atoms with E-state index in [2.05, 4.69) is 4.98 Å². The number of rotatable bonds is 2. The lowest BCUT2D eigenvalue weighted by atomic mass is 10.2. The van der Waals surface area contributed by atoms with E-state index in [9.17, 15) is 5.11 Å². The van der Waals surface area contributed by atoms with Crippen LogP contribution in [0, 0.1) is 0 Å². The minimum atomic E-state index is 0.00601. The number of aromatic hydroxyl groups is 1. The van der Waals surface area contributed by atoms with Crippen LogP contribution >= 0.6 is 0 Å². The van der Waals surface area contributed by atoms with Crippen LogP contribution in [0.4, 0.5) is 6.01 Å². The molecule has 0 unspecified atom stereocenters. The Hall–Kier alpha value is -1.23. The fourth-order valence-electron chi connectivity index (χ4n) is 1.58. The van der Waals surface area contributed by atoms with E-state index >= 15 is 0 Å². The van der Waals surface area contributed by atoms with Gasteiger partial charge < -0.3 is 19.2 Å². The number of hydrogen-bond acceptors (Lipinski definition) is 5. The lowest BCUT2D eigenvalue weighted by Crippen LogP contribution is -2.36. The molecule has 0 aliphatic carbocycles. The van der Waals surface area contributed by atoms with Gasteiger partial charge in [0.1, 0.15) is 0 Å². The van der Waals surface area contributed by atoms with E-state index in [1.165, 1.54) is 0 Å². The predicted octanol–water partition coefficient (Wildman–Crippen LogP) is 1.34. The molecule has 1 aliphatic rings. The van der Waals surface area contributed by atoms with Gasteiger partial charge in [-0.1, -0.05) is 13.8 Å². The van der Waals surface area contributed by atoms with Crippen molar-refractivity contribution >= 4 is 6.01 Å². The fourth-order valence-corrected chi connectivity index (χ4v) is 1.58. The Morgan fingerprint density at radius 1 is 1.33 bits per heavy atom. The highest BCUT2D eigenvalue weighted by molar-refractivity contribution is 5.33. The number of anilines is 1. The molecule has 0 radical (unpaired) electrons.